The molecular formula is C27H34N4O2. The quantitative estimate of drug-likeness (QED) is 0.625. The summed E-state index contributed by atoms with van der Waals surface area (Å²) in [6.45, 7) is 4.26. The first-order valence-electron chi connectivity index (χ1n) is 12.7. The smallest absolute Gasteiger partial charge is 0.291 e. The number of nitrogens with zero attached hydrogens (tertiary/aromatic N) is 3. The third-order valence-corrected chi connectivity index (χ3v) is 9.17. The van der Waals surface area contributed by atoms with Crippen molar-refractivity contribution >= 4 is 27.7 Å². The molecule has 6 heteroatoms. The number of amides is 1. The maximum absolute atomic E-state index is 13.8. The van der Waals surface area contributed by atoms with Gasteiger partial charge < -0.3 is 9.88 Å². The molecule has 4 aliphatic carbocycles. The molecule has 1 aromatic carbocycles. The number of rotatable bonds is 5. The second kappa shape index (κ2) is 7.44. The van der Waals surface area contributed by atoms with Gasteiger partial charge in [-0.1, -0.05) is 25.1 Å². The van der Waals surface area contributed by atoms with E-state index in [2.05, 4.69) is 17.3 Å². The van der Waals surface area contributed by atoms with Gasteiger partial charge in [0.2, 0.25) is 5.91 Å². The highest BCUT2D eigenvalue weighted by Crippen LogP contribution is 2.61. The Bertz CT molecular complexity index is 1270. The molecule has 4 bridgehead atoms. The van der Waals surface area contributed by atoms with Gasteiger partial charge in [-0.15, -0.1) is 0 Å². The van der Waals surface area contributed by atoms with Crippen LogP contribution in [0.1, 0.15) is 64.8 Å². The Labute approximate surface area is 194 Å². The van der Waals surface area contributed by atoms with Crippen LogP contribution in [0.4, 0.5) is 0 Å². The Morgan fingerprint density at radius 2 is 1.76 bits per heavy atom. The van der Waals surface area contributed by atoms with Crippen LogP contribution in [0.5, 0.6) is 0 Å². The Balaban J connectivity index is 1.38. The summed E-state index contributed by atoms with van der Waals surface area (Å²) in [7, 11) is 1.67. The predicted molar refractivity (Wildman–Crippen MR) is 130 cm³/mol. The number of fused-ring (bicyclic) bond motifs is 3. The van der Waals surface area contributed by atoms with E-state index in [1.54, 1.807) is 13.2 Å². The van der Waals surface area contributed by atoms with Crippen molar-refractivity contribution in [2.24, 2.45) is 30.2 Å². The van der Waals surface area contributed by atoms with E-state index >= 15 is 0 Å². The van der Waals surface area contributed by atoms with E-state index in [1.165, 1.54) is 43.2 Å². The molecule has 6 nitrogen and oxygen atoms in total. The highest BCUT2D eigenvalue weighted by Gasteiger charge is 2.53. The third-order valence-electron chi connectivity index (χ3n) is 9.17. The van der Waals surface area contributed by atoms with Gasteiger partial charge in [0.15, 0.2) is 0 Å². The van der Waals surface area contributed by atoms with Crippen LogP contribution in [-0.4, -0.2) is 26.3 Å². The fourth-order valence-electron chi connectivity index (χ4n) is 7.97. The standard InChI is InChI=1S/C27H34N4O2/c1-4-22(25(32)29-16(2)27-12-17-9-18(13-27)11-19(10-17)14-27)31-23-8-6-5-7-20(23)21-15-28-30(3)26(33)24(21)31/h5-8,15-19,22H,4,9-14H2,1-3H3,(H,29,32)/t16-,17?,18?,19?,22+,27?/m1/s1. The lowest BCUT2D eigenvalue weighted by molar-refractivity contribution is -0.129. The Kier molecular flexibility index (Phi) is 4.72. The van der Waals surface area contributed by atoms with Crippen molar-refractivity contribution in [1.29, 1.82) is 0 Å². The minimum Gasteiger partial charge on any atom is -0.351 e. The van der Waals surface area contributed by atoms with E-state index in [4.69, 9.17) is 0 Å². The van der Waals surface area contributed by atoms with Gasteiger partial charge in [0, 0.05) is 23.9 Å². The lowest BCUT2D eigenvalue weighted by Gasteiger charge is -2.59. The average Bonchev–Trinajstić information content (AvgIpc) is 3.11. The maximum Gasteiger partial charge on any atom is 0.291 e. The summed E-state index contributed by atoms with van der Waals surface area (Å²) in [4.78, 5) is 27.0. The summed E-state index contributed by atoms with van der Waals surface area (Å²) >= 11 is 0. The topological polar surface area (TPSA) is 68.9 Å². The van der Waals surface area contributed by atoms with E-state index in [0.717, 1.165) is 34.0 Å². The van der Waals surface area contributed by atoms with E-state index in [1.807, 2.05) is 35.8 Å². The lowest BCUT2D eigenvalue weighted by atomic mass is 9.48. The first kappa shape index (κ1) is 20.9. The average molecular weight is 447 g/mol. The summed E-state index contributed by atoms with van der Waals surface area (Å²) in [6, 6.07) is 7.69. The molecule has 33 heavy (non-hydrogen) atoms. The van der Waals surface area contributed by atoms with Crippen LogP contribution < -0.4 is 10.9 Å². The molecule has 0 aliphatic heterocycles. The van der Waals surface area contributed by atoms with E-state index in [0.29, 0.717) is 11.9 Å². The number of nitrogens with one attached hydrogen (secondary N) is 1. The summed E-state index contributed by atoms with van der Waals surface area (Å²) < 4.78 is 3.33. The van der Waals surface area contributed by atoms with Crippen molar-refractivity contribution in [3.05, 3.63) is 40.8 Å². The number of hydrogen-bond donors (Lipinski definition) is 1. The maximum atomic E-state index is 13.8. The van der Waals surface area contributed by atoms with Gasteiger partial charge in [-0.05, 0) is 81.1 Å². The number of aryl methyl sites for hydroxylation is 1. The third kappa shape index (κ3) is 3.09. The molecule has 1 amide bonds. The van der Waals surface area contributed by atoms with E-state index < -0.39 is 6.04 Å². The zero-order chi connectivity index (χ0) is 22.9. The van der Waals surface area contributed by atoms with Crippen LogP contribution in [-0.2, 0) is 11.8 Å². The lowest BCUT2D eigenvalue weighted by Crippen LogP contribution is -2.56. The minimum absolute atomic E-state index is 0.0299. The van der Waals surface area contributed by atoms with E-state index in [-0.39, 0.29) is 22.9 Å². The van der Waals surface area contributed by atoms with Gasteiger partial charge in [0.25, 0.3) is 5.56 Å². The SMILES string of the molecule is CC[C@@H](C(=O)N[C@H](C)C12CC3CC(CC(C3)C1)C2)n1c2ccccc2c2cnn(C)c(=O)c21. The zero-order valence-electron chi connectivity index (χ0n) is 19.9. The summed E-state index contributed by atoms with van der Waals surface area (Å²) in [5.41, 5.74) is 1.58. The molecule has 0 unspecified atom stereocenters. The van der Waals surface area contributed by atoms with Crippen molar-refractivity contribution < 1.29 is 4.79 Å². The number of para-hydroxylation sites is 1. The minimum atomic E-state index is -0.432. The predicted octanol–water partition coefficient (Wildman–Crippen LogP) is 4.56. The molecule has 0 saturated heterocycles. The summed E-state index contributed by atoms with van der Waals surface area (Å²) in [5.74, 6) is 2.59. The normalized spacial score (nSPS) is 30.1. The summed E-state index contributed by atoms with van der Waals surface area (Å²) in [6.07, 6.45) is 10.4. The van der Waals surface area contributed by atoms with Crippen LogP contribution >= 0.6 is 0 Å². The number of benzene rings is 1. The van der Waals surface area contributed by atoms with Gasteiger partial charge in [0.05, 0.1) is 11.7 Å². The highest BCUT2D eigenvalue weighted by molar-refractivity contribution is 6.08. The van der Waals surface area contributed by atoms with Crippen molar-refractivity contribution in [2.45, 2.75) is 70.9 Å². The van der Waals surface area contributed by atoms with Crippen LogP contribution in [0.3, 0.4) is 0 Å². The molecular weight excluding hydrogens is 412 g/mol. The molecule has 0 spiro atoms. The molecule has 7 rings (SSSR count). The molecule has 4 saturated carbocycles. The molecule has 2 aromatic heterocycles. The van der Waals surface area contributed by atoms with Crippen LogP contribution in [0, 0.1) is 23.2 Å². The second-order valence-electron chi connectivity index (χ2n) is 11.2. The van der Waals surface area contributed by atoms with Gasteiger partial charge in [0.1, 0.15) is 11.6 Å². The molecule has 2 atom stereocenters. The Morgan fingerprint density at radius 1 is 1.12 bits per heavy atom. The second-order valence-corrected chi connectivity index (χ2v) is 11.2. The fraction of sp³-hybridized carbons (Fsp3) is 0.593. The van der Waals surface area contributed by atoms with Gasteiger partial charge in [-0.2, -0.15) is 5.10 Å². The molecule has 4 aliphatic rings. The number of carbonyl (C=O) groups excluding carboxylic acids is 1. The first-order valence-corrected chi connectivity index (χ1v) is 12.7. The molecule has 0 radical (unpaired) electrons. The van der Waals surface area contributed by atoms with Crippen molar-refractivity contribution in [3.63, 3.8) is 0 Å². The largest absolute Gasteiger partial charge is 0.351 e. The van der Waals surface area contributed by atoms with Crippen molar-refractivity contribution in [1.82, 2.24) is 19.7 Å². The summed E-state index contributed by atoms with van der Waals surface area (Å²) in [5, 5.41) is 9.48. The number of aromatic nitrogens is 3. The Morgan fingerprint density at radius 3 is 2.39 bits per heavy atom. The monoisotopic (exact) mass is 446 g/mol. The molecule has 2 heterocycles. The first-order chi connectivity index (χ1) is 15.9. The fourth-order valence-corrected chi connectivity index (χ4v) is 7.97. The van der Waals surface area contributed by atoms with Gasteiger partial charge >= 0.3 is 0 Å². The molecule has 174 valence electrons. The van der Waals surface area contributed by atoms with Gasteiger partial charge in [-0.25, -0.2) is 4.68 Å². The Hall–Kier alpha value is -2.63. The highest BCUT2D eigenvalue weighted by atomic mass is 16.2. The molecule has 4 fully saturated rings. The molecule has 1 N–H and O–H groups in total. The van der Waals surface area contributed by atoms with Crippen molar-refractivity contribution in [3.8, 4) is 0 Å². The zero-order valence-corrected chi connectivity index (χ0v) is 19.9. The number of hydrogen-bond acceptors (Lipinski definition) is 3. The van der Waals surface area contributed by atoms with Gasteiger partial charge in [-0.3, -0.25) is 9.59 Å². The van der Waals surface area contributed by atoms with E-state index in [9.17, 15) is 9.59 Å². The molecule has 3 aromatic rings. The van der Waals surface area contributed by atoms with Crippen LogP contribution in [0.15, 0.2) is 35.3 Å². The van der Waals surface area contributed by atoms with Crippen LogP contribution in [0.2, 0.25) is 0 Å². The number of carbonyl (C=O) groups is 1. The van der Waals surface area contributed by atoms with Crippen LogP contribution in [0.25, 0.3) is 21.8 Å². The van der Waals surface area contributed by atoms with Crippen molar-refractivity contribution in [2.75, 3.05) is 0 Å².